The van der Waals surface area contributed by atoms with Crippen LogP contribution in [0.25, 0.3) is 28.2 Å². The van der Waals surface area contributed by atoms with Crippen LogP contribution in [0.1, 0.15) is 26.0 Å². The number of nitrogens with one attached hydrogen (secondary N) is 1. The largest absolute Gasteiger partial charge is 0.424 e. The molecule has 6 aromatic rings. The Balaban J connectivity index is 1.31. The summed E-state index contributed by atoms with van der Waals surface area (Å²) in [5, 5.41) is 15.1. The van der Waals surface area contributed by atoms with Crippen LogP contribution < -0.4 is 16.1 Å². The molecule has 3 heterocycles. The molecule has 0 aliphatic heterocycles. The minimum Gasteiger partial charge on any atom is -0.424 e. The molecular weight excluding hydrogens is 490 g/mol. The van der Waals surface area contributed by atoms with Crippen LogP contribution in [0.3, 0.4) is 0 Å². The van der Waals surface area contributed by atoms with E-state index in [-0.39, 0.29) is 5.04 Å². The van der Waals surface area contributed by atoms with Gasteiger partial charge in [-0.15, -0.1) is 10.2 Å². The molecule has 0 atom stereocenters. The zero-order valence-electron chi connectivity index (χ0n) is 21.3. The van der Waals surface area contributed by atoms with Crippen molar-refractivity contribution in [3.63, 3.8) is 0 Å². The zero-order chi connectivity index (χ0) is 26.3. The van der Waals surface area contributed by atoms with Gasteiger partial charge in [0, 0.05) is 6.07 Å². The third-order valence-electron chi connectivity index (χ3n) is 7.45. The topological polar surface area (TPSA) is 118 Å². The summed E-state index contributed by atoms with van der Waals surface area (Å²) >= 11 is 0. The van der Waals surface area contributed by atoms with Gasteiger partial charge in [0.15, 0.2) is 23.0 Å². The first kappa shape index (κ1) is 24.0. The lowest BCUT2D eigenvalue weighted by molar-refractivity contribution is 0.465. The number of nitrogens with two attached hydrogens (primary N) is 1. The highest BCUT2D eigenvalue weighted by atomic mass is 28.4. The van der Waals surface area contributed by atoms with E-state index in [9.17, 15) is 4.80 Å². The third-order valence-corrected chi connectivity index (χ3v) is 12.0. The van der Waals surface area contributed by atoms with E-state index in [0.717, 1.165) is 33.5 Å². The van der Waals surface area contributed by atoms with E-state index in [4.69, 9.17) is 10.8 Å². The number of imidazole rings is 1. The van der Waals surface area contributed by atoms with E-state index in [1.807, 2.05) is 91.0 Å². The first-order chi connectivity index (χ1) is 18.4. The van der Waals surface area contributed by atoms with Crippen molar-refractivity contribution >= 4 is 41.2 Å². The molecule has 0 spiro atoms. The molecular formula is C29H29N7OSi. The molecule has 0 aliphatic carbocycles. The summed E-state index contributed by atoms with van der Waals surface area (Å²) in [6, 6.07) is 29.8. The number of H-pyrrole nitrogens is 1. The fraction of sp³-hybridized carbons (Fsp3) is 0.172. The average Bonchev–Trinajstić information content (AvgIpc) is 3.57. The van der Waals surface area contributed by atoms with Gasteiger partial charge in [0.05, 0.1) is 16.7 Å². The van der Waals surface area contributed by atoms with Crippen LogP contribution in [0.5, 0.6) is 0 Å². The first-order valence-electron chi connectivity index (χ1n) is 12.7. The molecule has 9 heteroatoms. The number of fused-ring (bicyclic) bond motifs is 2. The highest BCUT2D eigenvalue weighted by Gasteiger charge is 2.49. The Labute approximate surface area is 221 Å². The van der Waals surface area contributed by atoms with Crippen molar-refractivity contribution < 1.29 is 4.80 Å². The van der Waals surface area contributed by atoms with Crippen molar-refractivity contribution in [2.75, 3.05) is 5.73 Å². The van der Waals surface area contributed by atoms with Crippen LogP contribution in [-0.4, -0.2) is 42.9 Å². The van der Waals surface area contributed by atoms with Crippen LogP contribution in [0.2, 0.25) is 5.04 Å². The normalized spacial score (nSPS) is 12.4. The maximum Gasteiger partial charge on any atom is 0.258 e. The van der Waals surface area contributed by atoms with Crippen LogP contribution in [0, 0.1) is 0 Å². The number of nitrogen functional groups attached to an aromatic ring is 1. The van der Waals surface area contributed by atoms with E-state index in [2.05, 4.69) is 34.0 Å². The van der Waals surface area contributed by atoms with Crippen LogP contribution in [-0.2, 0) is 6.42 Å². The summed E-state index contributed by atoms with van der Waals surface area (Å²) in [4.78, 5) is 20.3. The molecule has 0 unspecified atom stereocenters. The zero-order valence-corrected chi connectivity index (χ0v) is 22.3. The Morgan fingerprint density at radius 1 is 0.895 bits per heavy atom. The van der Waals surface area contributed by atoms with E-state index in [0.29, 0.717) is 29.4 Å². The Morgan fingerprint density at radius 3 is 2.18 bits per heavy atom. The van der Waals surface area contributed by atoms with E-state index >= 15 is 0 Å². The number of anilines is 1. The molecule has 0 bridgehead atoms. The molecule has 4 N–H and O–H groups in total. The van der Waals surface area contributed by atoms with Gasteiger partial charge in [0.25, 0.3) is 8.32 Å². The lowest BCUT2D eigenvalue weighted by Gasteiger charge is -2.41. The summed E-state index contributed by atoms with van der Waals surface area (Å²) in [6.07, 6.45) is 1.39. The smallest absolute Gasteiger partial charge is 0.258 e. The Hall–Kier alpha value is -4.34. The minimum atomic E-state index is -3.10. The van der Waals surface area contributed by atoms with Crippen molar-refractivity contribution in [3.8, 4) is 11.5 Å². The minimum absolute atomic E-state index is 0.374. The Bertz CT molecular complexity index is 1660. The lowest BCUT2D eigenvalue weighted by atomic mass is 10.1. The van der Waals surface area contributed by atoms with Gasteiger partial charge in [-0.05, 0) is 40.4 Å². The predicted octanol–water partition coefficient (Wildman–Crippen LogP) is 3.71. The Kier molecular flexibility index (Phi) is 5.81. The number of nitrogens with zero attached hydrogens (tertiary/aromatic N) is 5. The van der Waals surface area contributed by atoms with Gasteiger partial charge in [-0.1, -0.05) is 86.6 Å². The SMILES string of the molecule is CC(C)(CCc1cc2nnc(-c3nc4ccccc4[nH]3)c(N)n2n1)[Si](O)(c1ccccc1)c1ccccc1. The molecule has 38 heavy (non-hydrogen) atoms. The highest BCUT2D eigenvalue weighted by Crippen LogP contribution is 2.39. The van der Waals surface area contributed by atoms with Gasteiger partial charge in [-0.2, -0.15) is 9.61 Å². The van der Waals surface area contributed by atoms with Crippen molar-refractivity contribution in [3.05, 3.63) is 96.7 Å². The first-order valence-corrected chi connectivity index (χ1v) is 14.6. The molecule has 0 fully saturated rings. The van der Waals surface area contributed by atoms with Crippen molar-refractivity contribution in [2.45, 2.75) is 31.7 Å². The van der Waals surface area contributed by atoms with Gasteiger partial charge in [-0.3, -0.25) is 0 Å². The second-order valence-corrected chi connectivity index (χ2v) is 14.2. The van der Waals surface area contributed by atoms with E-state index in [1.54, 1.807) is 4.52 Å². The summed E-state index contributed by atoms with van der Waals surface area (Å²) in [5.74, 6) is 0.928. The number of aryl methyl sites for hydroxylation is 1. The number of para-hydroxylation sites is 2. The van der Waals surface area contributed by atoms with Crippen LogP contribution in [0.4, 0.5) is 5.82 Å². The summed E-state index contributed by atoms with van der Waals surface area (Å²) in [5.41, 5.74) is 10.1. The van der Waals surface area contributed by atoms with Crippen LogP contribution >= 0.6 is 0 Å². The number of hydrogen-bond donors (Lipinski definition) is 3. The molecule has 3 aromatic carbocycles. The average molecular weight is 520 g/mol. The maximum absolute atomic E-state index is 12.4. The number of benzene rings is 3. The number of aromatic nitrogens is 6. The number of hydrogen-bond acceptors (Lipinski definition) is 6. The second-order valence-electron chi connectivity index (χ2n) is 10.3. The molecule has 8 nitrogen and oxygen atoms in total. The standard InChI is InChI=1S/C29H29N7OSi/c1-29(2,38(37,21-11-5-3-6-12-21)22-13-7-4-8-14-22)18-17-20-19-25-33-34-26(27(30)36(25)35-20)28-31-23-15-9-10-16-24(23)32-28/h3-16,19,37H,17-18,30H2,1-2H3,(H,31,32). The third kappa shape index (κ3) is 3.96. The van der Waals surface area contributed by atoms with Gasteiger partial charge >= 0.3 is 0 Å². The maximum atomic E-state index is 12.4. The molecule has 0 saturated carbocycles. The Morgan fingerprint density at radius 2 is 1.53 bits per heavy atom. The fourth-order valence-corrected chi connectivity index (χ4v) is 8.94. The van der Waals surface area contributed by atoms with Gasteiger partial charge in [-0.25, -0.2) is 4.98 Å². The molecule has 3 aromatic heterocycles. The van der Waals surface area contributed by atoms with Gasteiger partial charge < -0.3 is 15.5 Å². The number of aromatic amines is 1. The molecule has 0 aliphatic rings. The highest BCUT2D eigenvalue weighted by molar-refractivity contribution is 6.98. The van der Waals surface area contributed by atoms with Gasteiger partial charge in [0.1, 0.15) is 0 Å². The molecule has 0 saturated heterocycles. The summed E-state index contributed by atoms with van der Waals surface area (Å²) < 4.78 is 1.62. The number of rotatable bonds is 7. The van der Waals surface area contributed by atoms with E-state index in [1.165, 1.54) is 0 Å². The molecule has 0 amide bonds. The quantitative estimate of drug-likeness (QED) is 0.277. The fourth-order valence-electron chi connectivity index (χ4n) is 5.20. The second kappa shape index (κ2) is 9.20. The summed E-state index contributed by atoms with van der Waals surface area (Å²) in [7, 11) is -3.10. The molecule has 190 valence electrons. The van der Waals surface area contributed by atoms with E-state index < -0.39 is 8.32 Å². The molecule has 6 rings (SSSR count). The van der Waals surface area contributed by atoms with Crippen molar-refractivity contribution in [1.82, 2.24) is 29.8 Å². The molecule has 0 radical (unpaired) electrons. The monoisotopic (exact) mass is 519 g/mol. The lowest BCUT2D eigenvalue weighted by Crippen LogP contribution is -2.65. The van der Waals surface area contributed by atoms with Crippen LogP contribution in [0.15, 0.2) is 91.0 Å². The summed E-state index contributed by atoms with van der Waals surface area (Å²) in [6.45, 7) is 4.31. The van der Waals surface area contributed by atoms with Crippen molar-refractivity contribution in [1.29, 1.82) is 0 Å². The van der Waals surface area contributed by atoms with Gasteiger partial charge in [0.2, 0.25) is 0 Å². The predicted molar refractivity (Wildman–Crippen MR) is 153 cm³/mol. The van der Waals surface area contributed by atoms with Crippen molar-refractivity contribution in [2.24, 2.45) is 0 Å².